The Hall–Kier alpha value is -0.780. The second-order valence-corrected chi connectivity index (χ2v) is 5.35. The standard InChI is InChI=1S/C15H16NS.C3H6.CH3F.CH5N.Na/c1-12-7-6-10-15(16-2)14(12)11-17-13-8-4-3-5-9-13;1-3-2;2*1-2;/h3-10H,11H2,1-2H3;3H,1H2,2H3;1H3;2H2,1H3;/q-1;;;;+1. The Labute approximate surface area is 179 Å². The molecule has 0 radical (unpaired) electrons. The van der Waals surface area contributed by atoms with Gasteiger partial charge in [-0.05, 0) is 44.2 Å². The summed E-state index contributed by atoms with van der Waals surface area (Å²) in [5.74, 6) is 0.976. The number of halogens is 1. The molecule has 2 N–H and O–H groups in total. The van der Waals surface area contributed by atoms with Gasteiger partial charge >= 0.3 is 29.6 Å². The van der Waals surface area contributed by atoms with Crippen molar-refractivity contribution in [2.45, 2.75) is 24.5 Å². The van der Waals surface area contributed by atoms with Crippen molar-refractivity contribution in [2.75, 3.05) is 21.3 Å². The van der Waals surface area contributed by atoms with Gasteiger partial charge in [0, 0.05) is 10.6 Å². The van der Waals surface area contributed by atoms with Crippen molar-refractivity contribution >= 4 is 17.4 Å². The second-order valence-electron chi connectivity index (χ2n) is 4.31. The zero-order chi connectivity index (χ0) is 18.8. The van der Waals surface area contributed by atoms with Gasteiger partial charge in [0.1, 0.15) is 0 Å². The van der Waals surface area contributed by atoms with Crippen LogP contribution < -0.4 is 35.3 Å². The van der Waals surface area contributed by atoms with Crippen LogP contribution in [0.2, 0.25) is 0 Å². The van der Waals surface area contributed by atoms with E-state index in [1.54, 1.807) is 6.08 Å². The molecule has 134 valence electrons. The van der Waals surface area contributed by atoms with Gasteiger partial charge in [0.25, 0.3) is 0 Å². The average Bonchev–Trinajstić information content (AvgIpc) is 2.65. The van der Waals surface area contributed by atoms with E-state index in [4.69, 9.17) is 0 Å². The third kappa shape index (κ3) is 13.1. The van der Waals surface area contributed by atoms with Crippen molar-refractivity contribution in [3.63, 3.8) is 0 Å². The number of aryl methyl sites for hydroxylation is 1. The van der Waals surface area contributed by atoms with E-state index in [-0.39, 0.29) is 29.6 Å². The molecule has 0 aliphatic rings. The first-order valence-corrected chi connectivity index (χ1v) is 8.60. The van der Waals surface area contributed by atoms with E-state index < -0.39 is 0 Å². The van der Waals surface area contributed by atoms with Crippen molar-refractivity contribution in [3.05, 3.63) is 77.6 Å². The van der Waals surface area contributed by atoms with Gasteiger partial charge in [-0.2, -0.15) is 0 Å². The summed E-state index contributed by atoms with van der Waals surface area (Å²) in [6.07, 6.45) is 1.75. The predicted octanol–water partition coefficient (Wildman–Crippen LogP) is 3.28. The Morgan fingerprint density at radius 2 is 1.60 bits per heavy atom. The summed E-state index contributed by atoms with van der Waals surface area (Å²) in [5.41, 5.74) is 8.26. The maximum absolute atomic E-state index is 9.50. The minimum Gasteiger partial charge on any atom is -0.687 e. The van der Waals surface area contributed by atoms with Crippen LogP contribution in [-0.4, -0.2) is 21.3 Å². The molecule has 2 aromatic carbocycles. The monoisotopic (exact) mass is 372 g/mol. The Morgan fingerprint density at radius 3 is 2.08 bits per heavy atom. The number of thioether (sulfide) groups is 1. The molecule has 0 saturated carbocycles. The molecule has 0 amide bonds. The zero-order valence-electron chi connectivity index (χ0n) is 16.4. The molecule has 0 aliphatic heterocycles. The summed E-state index contributed by atoms with van der Waals surface area (Å²) in [6, 6.07) is 16.8. The van der Waals surface area contributed by atoms with E-state index in [9.17, 15) is 4.39 Å². The van der Waals surface area contributed by atoms with Crippen LogP contribution >= 0.6 is 11.8 Å². The van der Waals surface area contributed by atoms with Gasteiger partial charge in [0.2, 0.25) is 0 Å². The van der Waals surface area contributed by atoms with Gasteiger partial charge in [-0.3, -0.25) is 4.39 Å². The van der Waals surface area contributed by atoms with Gasteiger partial charge in [0.15, 0.2) is 0 Å². The van der Waals surface area contributed by atoms with E-state index in [1.807, 2.05) is 31.8 Å². The molecular formula is C20H30FN2NaS. The quantitative estimate of drug-likeness (QED) is 0.508. The Kier molecular flexibility index (Phi) is 24.7. The topological polar surface area (TPSA) is 40.1 Å². The van der Waals surface area contributed by atoms with Crippen molar-refractivity contribution in [1.29, 1.82) is 0 Å². The summed E-state index contributed by atoms with van der Waals surface area (Å²) in [4.78, 5) is 1.30. The number of benzene rings is 2. The van der Waals surface area contributed by atoms with Crippen LogP contribution in [0.4, 0.5) is 10.1 Å². The summed E-state index contributed by atoms with van der Waals surface area (Å²) in [7, 11) is 3.85. The summed E-state index contributed by atoms with van der Waals surface area (Å²) < 4.78 is 9.50. The van der Waals surface area contributed by atoms with Crippen LogP contribution in [0.3, 0.4) is 0 Å². The molecule has 0 aromatic heterocycles. The van der Waals surface area contributed by atoms with E-state index in [0.717, 1.165) is 11.4 Å². The van der Waals surface area contributed by atoms with Gasteiger partial charge in [0.05, 0.1) is 7.18 Å². The van der Waals surface area contributed by atoms with Crippen LogP contribution in [0.15, 0.2) is 66.1 Å². The van der Waals surface area contributed by atoms with Crippen molar-refractivity contribution in [3.8, 4) is 0 Å². The maximum atomic E-state index is 9.50. The average molecular weight is 373 g/mol. The minimum absolute atomic E-state index is 0. The fraction of sp³-hybridized carbons (Fsp3) is 0.300. The van der Waals surface area contributed by atoms with Crippen LogP contribution in [0.1, 0.15) is 18.1 Å². The van der Waals surface area contributed by atoms with Crippen LogP contribution in [0.25, 0.3) is 5.32 Å². The van der Waals surface area contributed by atoms with E-state index in [1.165, 1.54) is 23.1 Å². The first-order valence-electron chi connectivity index (χ1n) is 7.61. The fourth-order valence-electron chi connectivity index (χ4n) is 1.76. The van der Waals surface area contributed by atoms with Gasteiger partial charge in [-0.25, -0.2) is 0 Å². The molecule has 25 heavy (non-hydrogen) atoms. The van der Waals surface area contributed by atoms with E-state index >= 15 is 0 Å². The Bertz CT molecular complexity index is 536. The van der Waals surface area contributed by atoms with Gasteiger partial charge < -0.3 is 11.1 Å². The third-order valence-corrected chi connectivity index (χ3v) is 3.79. The van der Waals surface area contributed by atoms with Crippen LogP contribution in [0.5, 0.6) is 0 Å². The molecule has 0 fully saturated rings. The molecule has 0 atom stereocenters. The Morgan fingerprint density at radius 1 is 1.08 bits per heavy atom. The summed E-state index contributed by atoms with van der Waals surface area (Å²) >= 11 is 1.86. The molecule has 0 aliphatic carbocycles. The molecule has 0 unspecified atom stereocenters. The van der Waals surface area contributed by atoms with Crippen LogP contribution in [0, 0.1) is 6.92 Å². The minimum atomic E-state index is 0. The number of rotatable bonds is 4. The zero-order valence-corrected chi connectivity index (χ0v) is 19.2. The SMILES string of the molecule is C=CC.CF.CN.C[N-]c1cccc(C)c1CSc1ccccc1.[Na+]. The molecule has 2 rings (SSSR count). The summed E-state index contributed by atoms with van der Waals surface area (Å²) in [5, 5.41) is 4.33. The molecule has 0 spiro atoms. The van der Waals surface area contributed by atoms with E-state index in [2.05, 4.69) is 67.0 Å². The van der Waals surface area contributed by atoms with Crippen molar-refractivity contribution in [2.24, 2.45) is 5.73 Å². The number of alkyl halides is 1. The van der Waals surface area contributed by atoms with Gasteiger partial charge in [-0.1, -0.05) is 42.5 Å². The largest absolute Gasteiger partial charge is 1.00 e. The molecular weight excluding hydrogens is 342 g/mol. The number of hydrogen-bond donors (Lipinski definition) is 1. The second kappa shape index (κ2) is 21.3. The fourth-order valence-corrected chi connectivity index (χ4v) is 2.79. The molecule has 2 aromatic rings. The van der Waals surface area contributed by atoms with Gasteiger partial charge in [-0.15, -0.1) is 31.1 Å². The molecule has 2 nitrogen and oxygen atoms in total. The molecule has 0 bridgehead atoms. The summed E-state index contributed by atoms with van der Waals surface area (Å²) in [6.45, 7) is 7.40. The predicted molar refractivity (Wildman–Crippen MR) is 109 cm³/mol. The van der Waals surface area contributed by atoms with Crippen molar-refractivity contribution < 1.29 is 33.9 Å². The number of hydrogen-bond acceptors (Lipinski definition) is 2. The maximum Gasteiger partial charge on any atom is 1.00 e. The first kappa shape index (κ1) is 29.0. The third-order valence-electron chi connectivity index (χ3n) is 2.75. The molecule has 0 saturated heterocycles. The molecule has 5 heteroatoms. The normalized spacial score (nSPS) is 7.96. The number of nitrogens with zero attached hydrogens (tertiary/aromatic N) is 1. The van der Waals surface area contributed by atoms with Crippen LogP contribution in [-0.2, 0) is 5.75 Å². The number of nitrogens with two attached hydrogens (primary N) is 1. The smallest absolute Gasteiger partial charge is 0.687 e. The Balaban J connectivity index is -0.000000534. The number of allylic oxidation sites excluding steroid dienone is 1. The van der Waals surface area contributed by atoms with Crippen molar-refractivity contribution in [1.82, 2.24) is 0 Å². The first-order chi connectivity index (χ1) is 11.7. The van der Waals surface area contributed by atoms with E-state index in [0.29, 0.717) is 7.18 Å². The molecule has 0 heterocycles.